The Balaban J connectivity index is 1.51. The second-order valence-corrected chi connectivity index (χ2v) is 7.12. The van der Waals surface area contributed by atoms with Crippen molar-refractivity contribution in [3.63, 3.8) is 0 Å². The molecular formula is C14H16BrN5OS. The van der Waals surface area contributed by atoms with Crippen molar-refractivity contribution in [2.24, 2.45) is 0 Å². The van der Waals surface area contributed by atoms with E-state index in [1.807, 2.05) is 35.9 Å². The molecule has 0 spiro atoms. The Morgan fingerprint density at radius 3 is 2.86 bits per heavy atom. The second-order valence-electron chi connectivity index (χ2n) is 5.27. The molecule has 1 aliphatic carbocycles. The molecule has 22 heavy (non-hydrogen) atoms. The summed E-state index contributed by atoms with van der Waals surface area (Å²) < 4.78 is 2.84. The van der Waals surface area contributed by atoms with Gasteiger partial charge in [-0.3, -0.25) is 4.79 Å². The summed E-state index contributed by atoms with van der Waals surface area (Å²) in [6.45, 7) is 1.97. The first kappa shape index (κ1) is 15.5. The smallest absolute Gasteiger partial charge is 0.230 e. The van der Waals surface area contributed by atoms with Crippen LogP contribution in [0.3, 0.4) is 0 Å². The summed E-state index contributed by atoms with van der Waals surface area (Å²) in [7, 11) is 0. The van der Waals surface area contributed by atoms with Crippen LogP contribution in [-0.4, -0.2) is 31.9 Å². The average molecular weight is 382 g/mol. The monoisotopic (exact) mass is 381 g/mol. The number of thioether (sulfide) groups is 1. The molecule has 1 amide bonds. The number of halogens is 1. The quantitative estimate of drug-likeness (QED) is 0.778. The van der Waals surface area contributed by atoms with Crippen molar-refractivity contribution in [1.29, 1.82) is 0 Å². The molecule has 0 saturated heterocycles. The van der Waals surface area contributed by atoms with Gasteiger partial charge in [-0.25, -0.2) is 4.68 Å². The molecule has 2 aromatic rings. The van der Waals surface area contributed by atoms with Crippen LogP contribution in [-0.2, 0) is 4.79 Å². The minimum atomic E-state index is -0.0272. The predicted molar refractivity (Wildman–Crippen MR) is 87.5 cm³/mol. The molecule has 1 fully saturated rings. The summed E-state index contributed by atoms with van der Waals surface area (Å²) in [4.78, 5) is 12.1. The Labute approximate surface area is 141 Å². The number of amides is 1. The lowest BCUT2D eigenvalue weighted by Crippen LogP contribution is -2.28. The number of nitrogens with one attached hydrogen (secondary N) is 1. The summed E-state index contributed by atoms with van der Waals surface area (Å²) >= 11 is 4.78. The van der Waals surface area contributed by atoms with Crippen molar-refractivity contribution < 1.29 is 4.79 Å². The Morgan fingerprint density at radius 2 is 2.18 bits per heavy atom. The maximum Gasteiger partial charge on any atom is 0.230 e. The highest BCUT2D eigenvalue weighted by Crippen LogP contribution is 2.36. The number of carbonyl (C=O) groups is 1. The minimum Gasteiger partial charge on any atom is -0.349 e. The summed E-state index contributed by atoms with van der Waals surface area (Å²) in [5.74, 6) is 0.291. The number of rotatable bonds is 6. The highest BCUT2D eigenvalue weighted by atomic mass is 79.9. The number of nitrogens with zero attached hydrogens (tertiary/aromatic N) is 4. The maximum atomic E-state index is 12.1. The van der Waals surface area contributed by atoms with Gasteiger partial charge in [0.2, 0.25) is 11.1 Å². The third kappa shape index (κ3) is 3.86. The van der Waals surface area contributed by atoms with Crippen molar-refractivity contribution >= 4 is 33.6 Å². The summed E-state index contributed by atoms with van der Waals surface area (Å²) in [5, 5.41) is 15.3. The van der Waals surface area contributed by atoms with E-state index in [1.54, 1.807) is 0 Å². The van der Waals surface area contributed by atoms with E-state index in [4.69, 9.17) is 0 Å². The van der Waals surface area contributed by atoms with Crippen LogP contribution in [0.1, 0.15) is 37.4 Å². The zero-order chi connectivity index (χ0) is 15.5. The van der Waals surface area contributed by atoms with E-state index < -0.39 is 0 Å². The third-order valence-electron chi connectivity index (χ3n) is 3.44. The average Bonchev–Trinajstić information content (AvgIpc) is 3.24. The molecule has 0 aliphatic heterocycles. The number of hydrogen-bond donors (Lipinski definition) is 1. The van der Waals surface area contributed by atoms with Crippen LogP contribution in [0, 0.1) is 0 Å². The van der Waals surface area contributed by atoms with Crippen molar-refractivity contribution in [2.75, 3.05) is 5.75 Å². The number of hydrogen-bond acceptors (Lipinski definition) is 5. The molecular weight excluding hydrogens is 366 g/mol. The summed E-state index contributed by atoms with van der Waals surface area (Å²) in [6, 6.07) is 8.32. The molecule has 8 heteroatoms. The topological polar surface area (TPSA) is 72.7 Å². The summed E-state index contributed by atoms with van der Waals surface area (Å²) in [5.41, 5.74) is 1.07. The SMILES string of the molecule is C[C@H](NC(=O)CSc1nnnn1C1CC1)c1ccc(Br)cc1. The Morgan fingerprint density at radius 1 is 1.45 bits per heavy atom. The van der Waals surface area contributed by atoms with Gasteiger partial charge in [0.15, 0.2) is 0 Å². The fourth-order valence-electron chi connectivity index (χ4n) is 2.08. The minimum absolute atomic E-state index is 0.0224. The van der Waals surface area contributed by atoms with Crippen LogP contribution in [0.2, 0.25) is 0 Å². The lowest BCUT2D eigenvalue weighted by atomic mass is 10.1. The molecule has 1 atom stereocenters. The van der Waals surface area contributed by atoms with Crippen molar-refractivity contribution in [3.05, 3.63) is 34.3 Å². The maximum absolute atomic E-state index is 12.1. The molecule has 6 nitrogen and oxygen atoms in total. The van der Waals surface area contributed by atoms with Crippen LogP contribution in [0.25, 0.3) is 0 Å². The van der Waals surface area contributed by atoms with Crippen LogP contribution in [0.4, 0.5) is 0 Å². The van der Waals surface area contributed by atoms with Gasteiger partial charge in [0, 0.05) is 4.47 Å². The second kappa shape index (κ2) is 6.78. The Hall–Kier alpha value is -1.41. The Kier molecular flexibility index (Phi) is 4.77. The lowest BCUT2D eigenvalue weighted by Gasteiger charge is -2.14. The number of aromatic nitrogens is 4. The molecule has 0 bridgehead atoms. The molecule has 1 heterocycles. The van der Waals surface area contributed by atoms with E-state index in [1.165, 1.54) is 11.8 Å². The third-order valence-corrected chi connectivity index (χ3v) is 4.90. The fourth-order valence-corrected chi connectivity index (χ4v) is 3.10. The van der Waals surface area contributed by atoms with E-state index >= 15 is 0 Å². The predicted octanol–water partition coefficient (Wildman–Crippen LogP) is 2.74. The van der Waals surface area contributed by atoms with Crippen molar-refractivity contribution in [1.82, 2.24) is 25.5 Å². The molecule has 0 unspecified atom stereocenters. The first-order valence-electron chi connectivity index (χ1n) is 7.09. The van der Waals surface area contributed by atoms with Gasteiger partial charge in [-0.1, -0.05) is 39.8 Å². The standard InChI is InChI=1S/C14H16BrN5OS/c1-9(10-2-4-11(15)5-3-10)16-13(21)8-22-14-17-18-19-20(14)12-6-7-12/h2-5,9,12H,6-8H2,1H3,(H,16,21)/t9-/m0/s1. The lowest BCUT2D eigenvalue weighted by molar-refractivity contribution is -0.119. The number of tetrazole rings is 1. The fraction of sp³-hybridized carbons (Fsp3) is 0.429. The van der Waals surface area contributed by atoms with Crippen molar-refractivity contribution in [3.8, 4) is 0 Å². The van der Waals surface area contributed by atoms with E-state index in [2.05, 4.69) is 36.8 Å². The molecule has 1 saturated carbocycles. The van der Waals surface area contributed by atoms with E-state index in [0.29, 0.717) is 17.0 Å². The van der Waals surface area contributed by atoms with Gasteiger partial charge < -0.3 is 5.32 Å². The van der Waals surface area contributed by atoms with Gasteiger partial charge in [0.1, 0.15) is 0 Å². The first-order chi connectivity index (χ1) is 10.6. The van der Waals surface area contributed by atoms with Gasteiger partial charge in [-0.15, -0.1) is 5.10 Å². The zero-order valence-electron chi connectivity index (χ0n) is 12.1. The molecule has 1 aromatic heterocycles. The molecule has 1 aliphatic rings. The van der Waals surface area contributed by atoms with Crippen LogP contribution < -0.4 is 5.32 Å². The van der Waals surface area contributed by atoms with Crippen LogP contribution in [0.5, 0.6) is 0 Å². The highest BCUT2D eigenvalue weighted by molar-refractivity contribution is 9.10. The van der Waals surface area contributed by atoms with Gasteiger partial charge in [-0.05, 0) is 47.9 Å². The van der Waals surface area contributed by atoms with Crippen molar-refractivity contribution in [2.45, 2.75) is 37.0 Å². The van der Waals surface area contributed by atoms with E-state index in [-0.39, 0.29) is 11.9 Å². The van der Waals surface area contributed by atoms with Gasteiger partial charge in [0.05, 0.1) is 17.8 Å². The van der Waals surface area contributed by atoms with E-state index in [0.717, 1.165) is 22.9 Å². The molecule has 1 N–H and O–H groups in total. The normalized spacial score (nSPS) is 15.5. The summed E-state index contributed by atoms with van der Waals surface area (Å²) in [6.07, 6.45) is 2.23. The van der Waals surface area contributed by atoms with Crippen LogP contribution in [0.15, 0.2) is 33.9 Å². The van der Waals surface area contributed by atoms with Gasteiger partial charge in [0.25, 0.3) is 0 Å². The molecule has 3 rings (SSSR count). The number of carbonyl (C=O) groups excluding carboxylic acids is 1. The van der Waals surface area contributed by atoms with Gasteiger partial charge >= 0.3 is 0 Å². The molecule has 0 radical (unpaired) electrons. The van der Waals surface area contributed by atoms with Crippen LogP contribution >= 0.6 is 27.7 Å². The number of benzene rings is 1. The zero-order valence-corrected chi connectivity index (χ0v) is 14.5. The van der Waals surface area contributed by atoms with Gasteiger partial charge in [-0.2, -0.15) is 0 Å². The molecule has 116 valence electrons. The van der Waals surface area contributed by atoms with E-state index in [9.17, 15) is 4.79 Å². The Bertz CT molecular complexity index is 656. The largest absolute Gasteiger partial charge is 0.349 e. The first-order valence-corrected chi connectivity index (χ1v) is 8.87. The molecule has 1 aromatic carbocycles. The highest BCUT2D eigenvalue weighted by Gasteiger charge is 2.28.